The Bertz CT molecular complexity index is 1990. The van der Waals surface area contributed by atoms with Gasteiger partial charge >= 0.3 is 0 Å². The number of halogens is 1. The van der Waals surface area contributed by atoms with Crippen LogP contribution in [0.5, 0.6) is 11.5 Å². The Kier molecular flexibility index (Phi) is 8.66. The van der Waals surface area contributed by atoms with Crippen LogP contribution in [-0.4, -0.2) is 64.4 Å². The van der Waals surface area contributed by atoms with Gasteiger partial charge in [0.2, 0.25) is 0 Å². The number of ether oxygens (including phenoxy) is 2. The number of benzene rings is 2. The molecule has 2 aliphatic heterocycles. The third kappa shape index (κ3) is 6.96. The van der Waals surface area contributed by atoms with Gasteiger partial charge in [-0.3, -0.25) is 24.2 Å². The summed E-state index contributed by atoms with van der Waals surface area (Å²) in [7, 11) is 0. The first-order valence-corrected chi connectivity index (χ1v) is 14.8. The largest absolute Gasteiger partial charge is 0.488 e. The predicted octanol–water partition coefficient (Wildman–Crippen LogP) is 2.86. The van der Waals surface area contributed by atoms with Crippen LogP contribution in [0.25, 0.3) is 11.1 Å². The van der Waals surface area contributed by atoms with Gasteiger partial charge in [0, 0.05) is 55.8 Å². The molecular formula is C34H29FN6O6. The van der Waals surface area contributed by atoms with E-state index < -0.39 is 41.2 Å². The van der Waals surface area contributed by atoms with Gasteiger partial charge in [0.15, 0.2) is 6.61 Å². The van der Waals surface area contributed by atoms with Crippen molar-refractivity contribution >= 4 is 17.7 Å². The second kappa shape index (κ2) is 13.1. The average Bonchev–Trinajstić information content (AvgIpc) is 3.06. The molecule has 2 aromatic heterocycles. The molecule has 0 radical (unpaired) electrons. The van der Waals surface area contributed by atoms with Gasteiger partial charge in [0.05, 0.1) is 17.2 Å². The van der Waals surface area contributed by atoms with E-state index in [4.69, 9.17) is 9.47 Å². The van der Waals surface area contributed by atoms with Crippen LogP contribution in [0.2, 0.25) is 0 Å². The highest BCUT2D eigenvalue weighted by atomic mass is 19.1. The van der Waals surface area contributed by atoms with Gasteiger partial charge in [-0.15, -0.1) is 0 Å². The minimum absolute atomic E-state index is 0.0143. The van der Waals surface area contributed by atoms with Crippen molar-refractivity contribution in [1.29, 1.82) is 5.26 Å². The number of likely N-dealkylation sites (tertiary alicyclic amines) is 1. The molecule has 4 heterocycles. The summed E-state index contributed by atoms with van der Waals surface area (Å²) in [6.45, 7) is 1.54. The minimum Gasteiger partial charge on any atom is -0.488 e. The fourth-order valence-corrected chi connectivity index (χ4v) is 5.60. The zero-order valence-corrected chi connectivity index (χ0v) is 25.2. The summed E-state index contributed by atoms with van der Waals surface area (Å²) in [6, 6.07) is 15.0. The molecule has 6 rings (SSSR count). The smallest absolute Gasteiger partial charge is 0.266 e. The summed E-state index contributed by atoms with van der Waals surface area (Å²) in [6.07, 6.45) is 2.60. The molecule has 47 heavy (non-hydrogen) atoms. The molecule has 2 atom stereocenters. The summed E-state index contributed by atoms with van der Waals surface area (Å²) >= 11 is 0. The number of nitrogens with one attached hydrogen (secondary N) is 3. The van der Waals surface area contributed by atoms with Crippen LogP contribution in [-0.2, 0) is 11.3 Å². The molecule has 3 amide bonds. The number of rotatable bonds is 1. The molecule has 2 aliphatic rings. The van der Waals surface area contributed by atoms with Crippen molar-refractivity contribution in [3.05, 3.63) is 111 Å². The Balaban J connectivity index is 1.35. The summed E-state index contributed by atoms with van der Waals surface area (Å²) in [5.74, 6) is -1.28. The predicted molar refractivity (Wildman–Crippen MR) is 166 cm³/mol. The maximum atomic E-state index is 14.7. The van der Waals surface area contributed by atoms with Crippen molar-refractivity contribution in [2.24, 2.45) is 0 Å². The molecule has 0 aliphatic carbocycles. The van der Waals surface area contributed by atoms with Gasteiger partial charge in [0.25, 0.3) is 23.3 Å². The highest BCUT2D eigenvalue weighted by Crippen LogP contribution is 2.26. The lowest BCUT2D eigenvalue weighted by molar-refractivity contribution is -0.123. The summed E-state index contributed by atoms with van der Waals surface area (Å²) < 4.78 is 26.6. The van der Waals surface area contributed by atoms with Crippen LogP contribution in [0.1, 0.15) is 44.0 Å². The van der Waals surface area contributed by atoms with Crippen molar-refractivity contribution in [1.82, 2.24) is 25.5 Å². The van der Waals surface area contributed by atoms with E-state index in [0.29, 0.717) is 28.1 Å². The van der Waals surface area contributed by atoms with E-state index in [2.05, 4.69) is 20.6 Å². The third-order valence-electron chi connectivity index (χ3n) is 7.99. The van der Waals surface area contributed by atoms with E-state index in [1.165, 1.54) is 29.3 Å². The lowest BCUT2D eigenvalue weighted by Gasteiger charge is -2.39. The van der Waals surface area contributed by atoms with E-state index in [9.17, 15) is 28.8 Å². The second-order valence-corrected chi connectivity index (χ2v) is 11.3. The van der Waals surface area contributed by atoms with Crippen LogP contribution in [0.15, 0.2) is 71.8 Å². The van der Waals surface area contributed by atoms with Gasteiger partial charge in [-0.2, -0.15) is 5.26 Å². The first-order chi connectivity index (χ1) is 22.7. The van der Waals surface area contributed by atoms with Crippen molar-refractivity contribution in [2.75, 3.05) is 19.7 Å². The Labute approximate surface area is 268 Å². The number of aromatic amines is 1. The number of pyridine rings is 2. The van der Waals surface area contributed by atoms with Crippen LogP contribution < -0.4 is 25.7 Å². The zero-order chi connectivity index (χ0) is 33.1. The van der Waals surface area contributed by atoms with E-state index >= 15 is 0 Å². The Hall–Kier alpha value is -6.03. The number of carbonyl (C=O) groups is 3. The molecule has 4 aromatic rings. The van der Waals surface area contributed by atoms with Crippen molar-refractivity contribution < 1.29 is 28.2 Å². The van der Waals surface area contributed by atoms with E-state index in [1.807, 2.05) is 6.07 Å². The summed E-state index contributed by atoms with van der Waals surface area (Å²) in [4.78, 5) is 60.2. The molecule has 3 N–H and O–H groups in total. The number of hydrogen-bond acceptors (Lipinski definition) is 8. The van der Waals surface area contributed by atoms with Gasteiger partial charge in [0.1, 0.15) is 35.1 Å². The van der Waals surface area contributed by atoms with Crippen molar-refractivity contribution in [2.45, 2.75) is 32.0 Å². The lowest BCUT2D eigenvalue weighted by atomic mass is 9.99. The van der Waals surface area contributed by atoms with Crippen molar-refractivity contribution in [3.63, 3.8) is 0 Å². The first kappa shape index (κ1) is 31.0. The maximum Gasteiger partial charge on any atom is 0.266 e. The summed E-state index contributed by atoms with van der Waals surface area (Å²) in [5.41, 5.74) is 1.71. The molecule has 0 unspecified atom stereocenters. The quantitative estimate of drug-likeness (QED) is 0.287. The number of aryl methyl sites for hydroxylation is 1. The maximum absolute atomic E-state index is 14.7. The molecular weight excluding hydrogens is 607 g/mol. The topological polar surface area (TPSA) is 167 Å². The van der Waals surface area contributed by atoms with Gasteiger partial charge < -0.3 is 30.0 Å². The second-order valence-electron chi connectivity index (χ2n) is 11.3. The number of piperidine rings is 1. The van der Waals surface area contributed by atoms with E-state index in [-0.39, 0.29) is 55.1 Å². The van der Waals surface area contributed by atoms with Crippen LogP contribution >= 0.6 is 0 Å². The van der Waals surface area contributed by atoms with Crippen LogP contribution in [0, 0.1) is 24.1 Å². The molecule has 2 aromatic carbocycles. The number of hydrogen-bond donors (Lipinski definition) is 3. The van der Waals surface area contributed by atoms with E-state index in [1.54, 1.807) is 49.5 Å². The third-order valence-corrected chi connectivity index (χ3v) is 7.99. The molecule has 6 bridgehead atoms. The highest BCUT2D eigenvalue weighted by Gasteiger charge is 2.35. The standard InChI is InChI=1S/C34H29FN6O6/c1-19-28(11-22(13-36)32(43)39-19)34(45)41-6-5-30-29(17-41)40-33(44)24-9-23(15-37-16-24)21-3-2-4-26(10-21)46-18-31(42)38-14-20-7-25(35)12-27(8-20)47-30/h2-4,7-12,15-16,29-30H,5-6,14,17-18H2,1H3,(H,38,42)(H,39,43)(H,40,44)/t29-,30+/m1/s1. The van der Waals surface area contributed by atoms with E-state index in [0.717, 1.165) is 0 Å². The van der Waals surface area contributed by atoms with Crippen molar-refractivity contribution in [3.8, 4) is 28.7 Å². The first-order valence-electron chi connectivity index (χ1n) is 14.8. The van der Waals surface area contributed by atoms with Crippen LogP contribution in [0.3, 0.4) is 0 Å². The minimum atomic E-state index is -0.757. The van der Waals surface area contributed by atoms with Gasteiger partial charge in [-0.05, 0) is 54.4 Å². The molecule has 1 saturated heterocycles. The molecule has 13 heteroatoms. The summed E-state index contributed by atoms with van der Waals surface area (Å²) in [5, 5.41) is 15.0. The SMILES string of the molecule is Cc1[nH]c(=O)c(C#N)cc1C(=O)N1CC[C@@H]2Oc3cc(F)cc(c3)CNC(=O)COc3cccc(c3)-c3cncc(c3)C(=O)N[C@@H]2C1. The Morgan fingerprint density at radius 3 is 2.70 bits per heavy atom. The zero-order valence-electron chi connectivity index (χ0n) is 25.2. The van der Waals surface area contributed by atoms with Crippen LogP contribution in [0.4, 0.5) is 4.39 Å². The Morgan fingerprint density at radius 2 is 1.87 bits per heavy atom. The lowest BCUT2D eigenvalue weighted by Crippen LogP contribution is -2.58. The number of nitrogens with zero attached hydrogens (tertiary/aromatic N) is 3. The normalized spacial score (nSPS) is 18.0. The van der Waals surface area contributed by atoms with Gasteiger partial charge in [-0.1, -0.05) is 12.1 Å². The number of amides is 3. The average molecular weight is 637 g/mol. The molecule has 0 spiro atoms. The molecule has 238 valence electrons. The van der Waals surface area contributed by atoms with Gasteiger partial charge in [-0.25, -0.2) is 4.39 Å². The molecule has 1 fully saturated rings. The fraction of sp³-hybridized carbons (Fsp3) is 0.235. The number of aromatic nitrogens is 2. The monoisotopic (exact) mass is 636 g/mol. The highest BCUT2D eigenvalue weighted by molar-refractivity contribution is 5.97. The Morgan fingerprint density at radius 1 is 1.04 bits per heavy atom. The number of fused-ring (bicyclic) bond motifs is 8. The molecule has 0 saturated carbocycles. The number of carbonyl (C=O) groups excluding carboxylic acids is 3. The molecule has 12 nitrogen and oxygen atoms in total. The fourth-order valence-electron chi connectivity index (χ4n) is 5.60. The number of H-pyrrole nitrogens is 1. The number of nitriles is 1.